The van der Waals surface area contributed by atoms with Gasteiger partial charge in [0, 0.05) is 39.3 Å². The van der Waals surface area contributed by atoms with E-state index in [9.17, 15) is 0 Å². The zero-order chi connectivity index (χ0) is 9.80. The van der Waals surface area contributed by atoms with Crippen LogP contribution in [0.5, 0.6) is 0 Å². The molecule has 0 spiro atoms. The molecule has 2 fully saturated rings. The van der Waals surface area contributed by atoms with Gasteiger partial charge >= 0.3 is 0 Å². The first-order chi connectivity index (χ1) is 6.84. The van der Waals surface area contributed by atoms with Crippen LogP contribution in [0.15, 0.2) is 0 Å². The molecule has 2 saturated heterocycles. The van der Waals surface area contributed by atoms with Crippen molar-refractivity contribution >= 4 is 0 Å². The molecule has 2 aliphatic rings. The van der Waals surface area contributed by atoms with Gasteiger partial charge in [0.05, 0.1) is 6.10 Å². The number of likely N-dealkylation sites (N-methyl/N-ethyl adjacent to an activating group) is 1. The largest absolute Gasteiger partial charge is 0.377 e. The summed E-state index contributed by atoms with van der Waals surface area (Å²) in [5, 5.41) is 2.32. The van der Waals surface area contributed by atoms with Crippen LogP contribution in [-0.4, -0.2) is 62.4 Å². The molecule has 4 heteroatoms. The van der Waals surface area contributed by atoms with Gasteiger partial charge in [-0.25, -0.2) is 5.01 Å². The van der Waals surface area contributed by atoms with E-state index in [0.717, 1.165) is 26.2 Å². The topological polar surface area (TPSA) is 27.7 Å². The second-order valence-corrected chi connectivity index (χ2v) is 4.29. The first kappa shape index (κ1) is 10.4. The summed E-state index contributed by atoms with van der Waals surface area (Å²) in [6.07, 6.45) is 2.91. The summed E-state index contributed by atoms with van der Waals surface area (Å²) in [6, 6.07) is 0. The summed E-state index contributed by atoms with van der Waals surface area (Å²) in [5.74, 6) is 0. The number of hydrogen-bond acceptors (Lipinski definition) is 4. The number of hydrazine groups is 1. The molecular formula is C10H21N3O. The van der Waals surface area contributed by atoms with Gasteiger partial charge in [0.25, 0.3) is 0 Å². The van der Waals surface area contributed by atoms with Crippen molar-refractivity contribution in [1.82, 2.24) is 15.3 Å². The highest BCUT2D eigenvalue weighted by Gasteiger charge is 2.18. The van der Waals surface area contributed by atoms with E-state index in [1.807, 2.05) is 0 Å². The maximum atomic E-state index is 5.57. The average molecular weight is 199 g/mol. The van der Waals surface area contributed by atoms with Crippen molar-refractivity contribution in [2.45, 2.75) is 18.9 Å². The van der Waals surface area contributed by atoms with Gasteiger partial charge in [-0.1, -0.05) is 0 Å². The maximum absolute atomic E-state index is 5.57. The first-order valence-corrected chi connectivity index (χ1v) is 5.63. The van der Waals surface area contributed by atoms with E-state index < -0.39 is 0 Å². The molecule has 1 unspecified atom stereocenters. The highest BCUT2D eigenvalue weighted by atomic mass is 16.5. The third-order valence-corrected chi connectivity index (χ3v) is 3.07. The van der Waals surface area contributed by atoms with E-state index in [1.54, 1.807) is 0 Å². The van der Waals surface area contributed by atoms with Crippen molar-refractivity contribution in [2.24, 2.45) is 0 Å². The smallest absolute Gasteiger partial charge is 0.0714 e. The van der Waals surface area contributed by atoms with Crippen molar-refractivity contribution in [3.05, 3.63) is 0 Å². The second kappa shape index (κ2) is 5.07. The molecule has 14 heavy (non-hydrogen) atoms. The molecule has 2 aliphatic heterocycles. The Labute approximate surface area is 86.2 Å². The Kier molecular flexibility index (Phi) is 3.75. The number of rotatable bonds is 3. The van der Waals surface area contributed by atoms with Gasteiger partial charge in [-0.2, -0.15) is 0 Å². The van der Waals surface area contributed by atoms with Gasteiger partial charge in [-0.05, 0) is 19.9 Å². The molecular weight excluding hydrogens is 178 g/mol. The third kappa shape index (κ3) is 2.92. The minimum atomic E-state index is 0.453. The lowest BCUT2D eigenvalue weighted by Gasteiger charge is -2.33. The van der Waals surface area contributed by atoms with Crippen LogP contribution in [0.2, 0.25) is 0 Å². The minimum Gasteiger partial charge on any atom is -0.377 e. The SMILES string of the molecule is CN1CCN(NCC2CCCO2)CC1. The zero-order valence-electron chi connectivity index (χ0n) is 9.04. The third-order valence-electron chi connectivity index (χ3n) is 3.07. The molecule has 0 saturated carbocycles. The van der Waals surface area contributed by atoms with Crippen LogP contribution in [0.25, 0.3) is 0 Å². The summed E-state index contributed by atoms with van der Waals surface area (Å²) < 4.78 is 5.57. The summed E-state index contributed by atoms with van der Waals surface area (Å²) in [6.45, 7) is 6.53. The first-order valence-electron chi connectivity index (χ1n) is 5.63. The monoisotopic (exact) mass is 199 g/mol. The molecule has 0 aromatic heterocycles. The standard InChI is InChI=1S/C10H21N3O/c1-12-4-6-13(7-5-12)11-9-10-3-2-8-14-10/h10-11H,2-9H2,1H3. The van der Waals surface area contributed by atoms with Crippen LogP contribution < -0.4 is 5.43 Å². The minimum absolute atomic E-state index is 0.453. The van der Waals surface area contributed by atoms with E-state index in [-0.39, 0.29) is 0 Å². The Hall–Kier alpha value is -0.160. The van der Waals surface area contributed by atoms with Crippen molar-refractivity contribution in [1.29, 1.82) is 0 Å². The number of hydrogen-bond donors (Lipinski definition) is 1. The van der Waals surface area contributed by atoms with Crippen LogP contribution in [0.4, 0.5) is 0 Å². The molecule has 4 nitrogen and oxygen atoms in total. The summed E-state index contributed by atoms with van der Waals surface area (Å²) in [4.78, 5) is 2.37. The van der Waals surface area contributed by atoms with Crippen molar-refractivity contribution in [2.75, 3.05) is 46.4 Å². The fourth-order valence-electron chi connectivity index (χ4n) is 2.00. The molecule has 82 valence electrons. The summed E-state index contributed by atoms with van der Waals surface area (Å²) in [7, 11) is 2.18. The Balaban J connectivity index is 1.60. The lowest BCUT2D eigenvalue weighted by Crippen LogP contribution is -2.52. The van der Waals surface area contributed by atoms with Crippen LogP contribution in [-0.2, 0) is 4.74 Å². The quantitative estimate of drug-likeness (QED) is 0.688. The van der Waals surface area contributed by atoms with Gasteiger partial charge in [0.1, 0.15) is 0 Å². The average Bonchev–Trinajstić information content (AvgIpc) is 2.70. The Morgan fingerprint density at radius 1 is 1.29 bits per heavy atom. The zero-order valence-corrected chi connectivity index (χ0v) is 9.04. The Bertz CT molecular complexity index is 163. The molecule has 0 bridgehead atoms. The molecule has 1 N–H and O–H groups in total. The van der Waals surface area contributed by atoms with Gasteiger partial charge in [-0.3, -0.25) is 5.43 Å². The molecule has 1 atom stereocenters. The summed E-state index contributed by atoms with van der Waals surface area (Å²) >= 11 is 0. The fraction of sp³-hybridized carbons (Fsp3) is 1.00. The van der Waals surface area contributed by atoms with E-state index in [0.29, 0.717) is 6.10 Å². The molecule has 0 amide bonds. The number of ether oxygens (including phenoxy) is 1. The van der Waals surface area contributed by atoms with Crippen molar-refractivity contribution < 1.29 is 4.74 Å². The molecule has 2 heterocycles. The highest BCUT2D eigenvalue weighted by Crippen LogP contribution is 2.10. The van der Waals surface area contributed by atoms with Crippen LogP contribution in [0.1, 0.15) is 12.8 Å². The van der Waals surface area contributed by atoms with Crippen molar-refractivity contribution in [3.8, 4) is 0 Å². The Morgan fingerprint density at radius 2 is 2.07 bits per heavy atom. The molecule has 2 rings (SSSR count). The van der Waals surface area contributed by atoms with Gasteiger partial charge in [0.15, 0.2) is 0 Å². The number of piperazine rings is 1. The molecule has 0 radical (unpaired) electrons. The lowest BCUT2D eigenvalue weighted by molar-refractivity contribution is 0.0582. The van der Waals surface area contributed by atoms with E-state index in [2.05, 4.69) is 22.4 Å². The van der Waals surface area contributed by atoms with Gasteiger partial charge in [-0.15, -0.1) is 0 Å². The van der Waals surface area contributed by atoms with Crippen LogP contribution >= 0.6 is 0 Å². The number of nitrogens with one attached hydrogen (secondary N) is 1. The number of nitrogens with zero attached hydrogens (tertiary/aromatic N) is 2. The molecule has 0 aromatic rings. The lowest BCUT2D eigenvalue weighted by atomic mass is 10.2. The maximum Gasteiger partial charge on any atom is 0.0714 e. The highest BCUT2D eigenvalue weighted by molar-refractivity contribution is 4.70. The van der Waals surface area contributed by atoms with E-state index >= 15 is 0 Å². The molecule has 0 aliphatic carbocycles. The van der Waals surface area contributed by atoms with Gasteiger partial charge < -0.3 is 9.64 Å². The van der Waals surface area contributed by atoms with E-state index in [4.69, 9.17) is 4.74 Å². The fourth-order valence-corrected chi connectivity index (χ4v) is 2.00. The van der Waals surface area contributed by atoms with Crippen molar-refractivity contribution in [3.63, 3.8) is 0 Å². The van der Waals surface area contributed by atoms with E-state index in [1.165, 1.54) is 25.9 Å². The predicted octanol–water partition coefficient (Wildman–Crippen LogP) is -0.0826. The van der Waals surface area contributed by atoms with Crippen LogP contribution in [0.3, 0.4) is 0 Å². The predicted molar refractivity (Wildman–Crippen MR) is 56.0 cm³/mol. The second-order valence-electron chi connectivity index (χ2n) is 4.29. The van der Waals surface area contributed by atoms with Gasteiger partial charge in [0.2, 0.25) is 0 Å². The van der Waals surface area contributed by atoms with Crippen LogP contribution in [0, 0.1) is 0 Å². The Morgan fingerprint density at radius 3 is 2.71 bits per heavy atom. The molecule has 0 aromatic carbocycles. The summed E-state index contributed by atoms with van der Waals surface area (Å²) in [5.41, 5.74) is 3.47. The normalized spacial score (nSPS) is 31.1.